The van der Waals surface area contributed by atoms with Crippen molar-refractivity contribution < 1.29 is 62.6 Å². The monoisotopic (exact) mass is 531 g/mol. The molecular weight excluding hydrogens is 507 g/mol. The lowest BCUT2D eigenvalue weighted by Gasteiger charge is -2.61. The van der Waals surface area contributed by atoms with E-state index in [1.807, 2.05) is 13.1 Å². The summed E-state index contributed by atoms with van der Waals surface area (Å²) in [6, 6.07) is 3.25. The van der Waals surface area contributed by atoms with E-state index in [0.717, 1.165) is 11.1 Å². The number of aliphatic carboxylic acids is 2. The van der Waals surface area contributed by atoms with E-state index in [4.69, 9.17) is 24.5 Å². The van der Waals surface area contributed by atoms with Crippen LogP contribution in [0.1, 0.15) is 30.4 Å². The number of halogens is 3. The van der Waals surface area contributed by atoms with Crippen molar-refractivity contribution in [1.82, 2.24) is 4.90 Å². The number of nitrogens with zero attached hydrogens (tertiary/aromatic N) is 1. The Kier molecular flexibility index (Phi) is 6.41. The first kappa shape index (κ1) is 26.7. The van der Waals surface area contributed by atoms with Crippen LogP contribution >= 0.6 is 0 Å². The van der Waals surface area contributed by atoms with E-state index in [-0.39, 0.29) is 24.0 Å². The maximum Gasteiger partial charge on any atom is 0.490 e. The number of carboxylic acids is 2. The molecular formula is C23H24F3NO10. The first-order chi connectivity index (χ1) is 17.1. The first-order valence-electron chi connectivity index (χ1n) is 11.2. The molecule has 14 heteroatoms. The number of hydrogen-bond donors (Lipinski definition) is 5. The normalized spacial score (nSPS) is 30.1. The van der Waals surface area contributed by atoms with Gasteiger partial charge in [-0.05, 0) is 44.1 Å². The molecule has 0 radical (unpaired) electrons. The summed E-state index contributed by atoms with van der Waals surface area (Å²) in [6.07, 6.45) is -5.50. The van der Waals surface area contributed by atoms with E-state index in [9.17, 15) is 38.1 Å². The van der Waals surface area contributed by atoms with E-state index in [0.29, 0.717) is 25.1 Å². The molecule has 2 heterocycles. The molecule has 0 amide bonds. The lowest BCUT2D eigenvalue weighted by molar-refractivity contribution is -0.192. The van der Waals surface area contributed by atoms with Crippen molar-refractivity contribution in [2.75, 3.05) is 13.6 Å². The second-order valence-corrected chi connectivity index (χ2v) is 9.44. The van der Waals surface area contributed by atoms with Gasteiger partial charge in [0.2, 0.25) is 0 Å². The van der Waals surface area contributed by atoms with Crippen LogP contribution in [-0.4, -0.2) is 92.0 Å². The highest BCUT2D eigenvalue weighted by atomic mass is 19.4. The smallest absolute Gasteiger partial charge is 0.490 e. The molecule has 1 aromatic carbocycles. The molecule has 202 valence electrons. The quantitative estimate of drug-likeness (QED) is 0.346. The van der Waals surface area contributed by atoms with E-state index in [2.05, 4.69) is 4.90 Å². The third kappa shape index (κ3) is 4.08. The molecule has 5 rings (SSSR count). The Hall–Kier alpha value is -3.36. The van der Waals surface area contributed by atoms with Gasteiger partial charge < -0.3 is 39.9 Å². The minimum atomic E-state index is -5.08. The van der Waals surface area contributed by atoms with Crippen LogP contribution in [0.5, 0.6) is 11.5 Å². The predicted octanol–water partition coefficient (Wildman–Crippen LogP) is 0.682. The molecule has 0 aromatic heterocycles. The second-order valence-electron chi connectivity index (χ2n) is 9.44. The fourth-order valence-electron chi connectivity index (χ4n) is 5.86. The molecule has 2 aliphatic heterocycles. The molecule has 2 aliphatic carbocycles. The number of benzene rings is 1. The number of phenolic OH excluding ortho intramolecular Hbond substituents is 1. The number of likely N-dealkylation sites (N-methyl/N-ethyl adjacent to an activating group) is 1. The van der Waals surface area contributed by atoms with Gasteiger partial charge in [-0.2, -0.15) is 13.2 Å². The summed E-state index contributed by atoms with van der Waals surface area (Å²) in [4.78, 5) is 34.1. The molecule has 1 saturated heterocycles. The van der Waals surface area contributed by atoms with Crippen molar-refractivity contribution >= 4 is 17.9 Å². The number of aromatic hydroxyl groups is 1. The summed E-state index contributed by atoms with van der Waals surface area (Å²) in [5.74, 6) is -4.73. The number of rotatable bonds is 4. The van der Waals surface area contributed by atoms with E-state index >= 15 is 0 Å². The number of carboxylic acid groups (broad SMARTS) is 2. The van der Waals surface area contributed by atoms with Gasteiger partial charge in [0.1, 0.15) is 5.76 Å². The minimum Gasteiger partial charge on any atom is -0.504 e. The third-order valence-electron chi connectivity index (χ3n) is 7.47. The number of hydrogen-bond acceptors (Lipinski definition) is 9. The number of piperidine rings is 1. The maximum atomic E-state index is 12.3. The standard InChI is InChI=1S/C21H23NO8.C2HF3O2/c1-22-7-6-20-16-10-2-3-11(23)17(16)30-18(20)13(4-5-21(20,28)14(22)8-10)29-15(25)9-12(24)19(26)27;3-2(4,5)1(6)7/h2-4,12,14,18,23-24,28H,5-9H2,1H3,(H,26,27);(H,6,7)/t12-,14+,18-,20-,21+;/m0./s1. The number of phenols is 1. The van der Waals surface area contributed by atoms with Gasteiger partial charge in [-0.1, -0.05) is 6.07 Å². The largest absolute Gasteiger partial charge is 0.504 e. The summed E-state index contributed by atoms with van der Waals surface area (Å²) < 4.78 is 43.3. The average Bonchev–Trinajstić information content (AvgIpc) is 3.15. The van der Waals surface area contributed by atoms with Gasteiger partial charge in [0.15, 0.2) is 23.7 Å². The number of esters is 1. The molecule has 4 aliphatic rings. The van der Waals surface area contributed by atoms with E-state index in [1.54, 1.807) is 12.1 Å². The van der Waals surface area contributed by atoms with Crippen LogP contribution in [0, 0.1) is 0 Å². The van der Waals surface area contributed by atoms with Gasteiger partial charge in [0.25, 0.3) is 0 Å². The van der Waals surface area contributed by atoms with Crippen molar-refractivity contribution in [1.29, 1.82) is 0 Å². The SMILES string of the molecule is CN1CC[C@]23c4c5ccc(O)c4O[C@H]2C(OC(=O)C[C@H](O)C(=O)O)=CC[C@@]3(O)[C@H]1C5.O=C(O)C(F)(F)F. The molecule has 37 heavy (non-hydrogen) atoms. The fourth-order valence-corrected chi connectivity index (χ4v) is 5.86. The fraction of sp³-hybridized carbons (Fsp3) is 0.522. The topological polar surface area (TPSA) is 174 Å². The maximum absolute atomic E-state index is 12.3. The summed E-state index contributed by atoms with van der Waals surface area (Å²) in [7, 11) is 1.97. The van der Waals surface area contributed by atoms with Crippen LogP contribution in [0.15, 0.2) is 24.0 Å². The zero-order valence-corrected chi connectivity index (χ0v) is 19.4. The molecule has 0 saturated carbocycles. The number of carbonyl (C=O) groups is 3. The number of carbonyl (C=O) groups excluding carboxylic acids is 1. The van der Waals surface area contributed by atoms with Crippen LogP contribution in [0.3, 0.4) is 0 Å². The highest BCUT2D eigenvalue weighted by Gasteiger charge is 2.72. The molecule has 5 atom stereocenters. The molecule has 1 fully saturated rings. The number of aliphatic hydroxyl groups is 2. The predicted molar refractivity (Wildman–Crippen MR) is 115 cm³/mol. The highest BCUT2D eigenvalue weighted by molar-refractivity contribution is 5.81. The van der Waals surface area contributed by atoms with Crippen LogP contribution in [0.2, 0.25) is 0 Å². The number of likely N-dealkylation sites (tertiary alicyclic amines) is 1. The van der Waals surface area contributed by atoms with Crippen LogP contribution in [0.25, 0.3) is 0 Å². The molecule has 1 spiro atoms. The lowest BCUT2D eigenvalue weighted by atomic mass is 9.50. The Bertz CT molecular complexity index is 1180. The minimum absolute atomic E-state index is 0.0378. The van der Waals surface area contributed by atoms with Crippen molar-refractivity contribution in [2.45, 2.75) is 61.1 Å². The van der Waals surface area contributed by atoms with Crippen molar-refractivity contribution in [3.05, 3.63) is 35.1 Å². The second kappa shape index (κ2) is 8.89. The Morgan fingerprint density at radius 1 is 1.27 bits per heavy atom. The van der Waals surface area contributed by atoms with Gasteiger partial charge in [-0.25, -0.2) is 9.59 Å². The average molecular weight is 531 g/mol. The van der Waals surface area contributed by atoms with Gasteiger partial charge in [0.05, 0.1) is 17.4 Å². The lowest BCUT2D eigenvalue weighted by Crippen LogP contribution is -2.74. The van der Waals surface area contributed by atoms with Gasteiger partial charge in [-0.3, -0.25) is 4.79 Å². The van der Waals surface area contributed by atoms with Gasteiger partial charge in [-0.15, -0.1) is 0 Å². The molecule has 2 bridgehead atoms. The Morgan fingerprint density at radius 3 is 2.51 bits per heavy atom. The van der Waals surface area contributed by atoms with Crippen LogP contribution in [0.4, 0.5) is 13.2 Å². The van der Waals surface area contributed by atoms with E-state index < -0.39 is 53.7 Å². The zero-order chi connectivity index (χ0) is 27.5. The first-order valence-corrected chi connectivity index (χ1v) is 11.2. The molecule has 0 unspecified atom stereocenters. The summed E-state index contributed by atoms with van der Waals surface area (Å²) in [5, 5.41) is 47.8. The van der Waals surface area contributed by atoms with Gasteiger partial charge in [0, 0.05) is 18.0 Å². The van der Waals surface area contributed by atoms with Gasteiger partial charge >= 0.3 is 24.1 Å². The Balaban J connectivity index is 0.000000405. The number of aliphatic hydroxyl groups excluding tert-OH is 1. The molecule has 11 nitrogen and oxygen atoms in total. The zero-order valence-electron chi connectivity index (χ0n) is 19.4. The third-order valence-corrected chi connectivity index (χ3v) is 7.47. The summed E-state index contributed by atoms with van der Waals surface area (Å²) in [6.45, 7) is 0.695. The van der Waals surface area contributed by atoms with Crippen LogP contribution in [-0.2, 0) is 31.0 Å². The number of ether oxygens (including phenoxy) is 2. The van der Waals surface area contributed by atoms with Crippen molar-refractivity contribution in [2.24, 2.45) is 0 Å². The molecule has 5 N–H and O–H groups in total. The van der Waals surface area contributed by atoms with Crippen molar-refractivity contribution in [3.8, 4) is 11.5 Å². The number of alkyl halides is 3. The Labute approximate surface area is 207 Å². The Morgan fingerprint density at radius 2 is 1.92 bits per heavy atom. The van der Waals surface area contributed by atoms with Crippen molar-refractivity contribution in [3.63, 3.8) is 0 Å². The summed E-state index contributed by atoms with van der Waals surface area (Å²) in [5.41, 5.74) is -0.304. The highest BCUT2D eigenvalue weighted by Crippen LogP contribution is 2.65. The van der Waals surface area contributed by atoms with Crippen LogP contribution < -0.4 is 4.74 Å². The van der Waals surface area contributed by atoms with E-state index in [1.165, 1.54) is 0 Å². The molecule has 1 aromatic rings. The summed E-state index contributed by atoms with van der Waals surface area (Å²) >= 11 is 0.